The molecule has 0 aliphatic carbocycles. The third-order valence-corrected chi connectivity index (χ3v) is 5.15. The number of aryl methyl sites for hydroxylation is 1. The number of ether oxygens (including phenoxy) is 1. The van der Waals surface area contributed by atoms with Gasteiger partial charge in [-0.15, -0.1) is 11.8 Å². The average Bonchev–Trinajstić information content (AvgIpc) is 2.94. The minimum absolute atomic E-state index is 0.102. The molecular weight excluding hydrogens is 385 g/mol. The van der Waals surface area contributed by atoms with Gasteiger partial charge in [-0.2, -0.15) is 0 Å². The number of carbonyl (C=O) groups excluding carboxylic acids is 2. The predicted molar refractivity (Wildman–Crippen MR) is 98.4 cm³/mol. The molecule has 0 radical (unpaired) electrons. The molecule has 0 aliphatic rings. The Morgan fingerprint density at radius 2 is 2.00 bits per heavy atom. The first kappa shape index (κ1) is 19.7. The number of benzene rings is 1. The summed E-state index contributed by atoms with van der Waals surface area (Å²) in [6, 6.07) is 6.70. The van der Waals surface area contributed by atoms with Gasteiger partial charge < -0.3 is 14.1 Å². The van der Waals surface area contributed by atoms with Crippen LogP contribution >= 0.6 is 35.0 Å². The molecule has 0 unspecified atom stereocenters. The number of rotatable bonds is 6. The largest absolute Gasteiger partial charge is 0.465 e. The highest BCUT2D eigenvalue weighted by Gasteiger charge is 2.18. The number of hydrogen-bond donors (Lipinski definition) is 0. The Morgan fingerprint density at radius 3 is 2.68 bits per heavy atom. The van der Waals surface area contributed by atoms with Crippen molar-refractivity contribution >= 4 is 46.8 Å². The second-order valence-electron chi connectivity index (χ2n) is 5.29. The molecule has 1 amide bonds. The van der Waals surface area contributed by atoms with Crippen molar-refractivity contribution < 1.29 is 18.7 Å². The molecule has 2 rings (SSSR count). The van der Waals surface area contributed by atoms with E-state index >= 15 is 0 Å². The van der Waals surface area contributed by atoms with Gasteiger partial charge in [-0.1, -0.05) is 23.2 Å². The van der Waals surface area contributed by atoms with Crippen LogP contribution in [0.2, 0.25) is 10.0 Å². The van der Waals surface area contributed by atoms with Gasteiger partial charge in [-0.25, -0.2) is 4.79 Å². The van der Waals surface area contributed by atoms with Crippen LogP contribution in [0.3, 0.4) is 0 Å². The van der Waals surface area contributed by atoms with Gasteiger partial charge in [0.15, 0.2) is 0 Å². The van der Waals surface area contributed by atoms with Crippen molar-refractivity contribution in [3.8, 4) is 0 Å². The van der Waals surface area contributed by atoms with Crippen molar-refractivity contribution in [3.05, 3.63) is 51.4 Å². The molecule has 25 heavy (non-hydrogen) atoms. The van der Waals surface area contributed by atoms with Crippen LogP contribution in [-0.2, 0) is 16.1 Å². The fraction of sp³-hybridized carbons (Fsp3) is 0.294. The predicted octanol–water partition coefficient (Wildman–Crippen LogP) is 4.43. The lowest BCUT2D eigenvalue weighted by molar-refractivity contribution is -0.127. The van der Waals surface area contributed by atoms with Gasteiger partial charge in [0.2, 0.25) is 5.91 Å². The Hall–Kier alpha value is -1.63. The summed E-state index contributed by atoms with van der Waals surface area (Å²) in [4.78, 5) is 26.2. The Bertz CT molecular complexity index is 791. The van der Waals surface area contributed by atoms with E-state index in [-0.39, 0.29) is 18.2 Å². The van der Waals surface area contributed by atoms with E-state index in [0.29, 0.717) is 27.1 Å². The van der Waals surface area contributed by atoms with Gasteiger partial charge >= 0.3 is 5.97 Å². The molecule has 5 nitrogen and oxygen atoms in total. The summed E-state index contributed by atoms with van der Waals surface area (Å²) >= 11 is 13.3. The van der Waals surface area contributed by atoms with Crippen LogP contribution in [0, 0.1) is 6.92 Å². The van der Waals surface area contributed by atoms with Crippen LogP contribution in [0.1, 0.15) is 21.9 Å². The number of furan rings is 1. The average molecular weight is 402 g/mol. The van der Waals surface area contributed by atoms with E-state index in [4.69, 9.17) is 27.6 Å². The van der Waals surface area contributed by atoms with Crippen LogP contribution in [0.25, 0.3) is 0 Å². The number of methoxy groups -OCH3 is 1. The van der Waals surface area contributed by atoms with Crippen molar-refractivity contribution in [1.29, 1.82) is 0 Å². The third kappa shape index (κ3) is 5.17. The Kier molecular flexibility index (Phi) is 6.81. The summed E-state index contributed by atoms with van der Waals surface area (Å²) in [5.74, 6) is 0.616. The Labute approximate surface area is 160 Å². The maximum atomic E-state index is 12.3. The maximum Gasteiger partial charge on any atom is 0.341 e. The summed E-state index contributed by atoms with van der Waals surface area (Å²) in [6.07, 6.45) is 0. The lowest BCUT2D eigenvalue weighted by atomic mass is 10.2. The monoisotopic (exact) mass is 401 g/mol. The van der Waals surface area contributed by atoms with Crippen LogP contribution < -0.4 is 0 Å². The van der Waals surface area contributed by atoms with Crippen LogP contribution in [-0.4, -0.2) is 36.7 Å². The summed E-state index contributed by atoms with van der Waals surface area (Å²) in [5.41, 5.74) is 0.360. The topological polar surface area (TPSA) is 59.8 Å². The fourth-order valence-corrected chi connectivity index (χ4v) is 3.53. The third-order valence-electron chi connectivity index (χ3n) is 3.44. The molecule has 1 aromatic carbocycles. The molecule has 0 aliphatic heterocycles. The number of amides is 1. The molecule has 0 fully saturated rings. The molecule has 1 aromatic heterocycles. The maximum absolute atomic E-state index is 12.3. The zero-order valence-corrected chi connectivity index (χ0v) is 16.3. The summed E-state index contributed by atoms with van der Waals surface area (Å²) < 4.78 is 10.2. The highest BCUT2D eigenvalue weighted by Crippen LogP contribution is 2.30. The first-order valence-electron chi connectivity index (χ1n) is 7.31. The fourth-order valence-electron chi connectivity index (χ4n) is 2.09. The first-order valence-corrected chi connectivity index (χ1v) is 9.05. The second-order valence-corrected chi connectivity index (χ2v) is 7.15. The molecule has 0 bridgehead atoms. The van der Waals surface area contributed by atoms with Crippen LogP contribution in [0.5, 0.6) is 0 Å². The van der Waals surface area contributed by atoms with E-state index in [1.165, 1.54) is 23.8 Å². The van der Waals surface area contributed by atoms with E-state index in [1.54, 1.807) is 38.2 Å². The van der Waals surface area contributed by atoms with Gasteiger partial charge in [-0.3, -0.25) is 4.79 Å². The molecule has 134 valence electrons. The molecule has 0 spiro atoms. The molecule has 0 N–H and O–H groups in total. The van der Waals surface area contributed by atoms with Gasteiger partial charge in [0.25, 0.3) is 0 Å². The van der Waals surface area contributed by atoms with Crippen LogP contribution in [0.15, 0.2) is 33.6 Å². The Balaban J connectivity index is 1.96. The highest BCUT2D eigenvalue weighted by molar-refractivity contribution is 8.00. The second kappa shape index (κ2) is 8.65. The highest BCUT2D eigenvalue weighted by atomic mass is 35.5. The first-order chi connectivity index (χ1) is 11.8. The summed E-state index contributed by atoms with van der Waals surface area (Å²) in [5, 5.41) is 1.11. The molecule has 2 aromatic rings. The molecule has 1 heterocycles. The van der Waals surface area contributed by atoms with E-state index in [9.17, 15) is 9.59 Å². The van der Waals surface area contributed by atoms with E-state index in [1.807, 2.05) is 0 Å². The number of esters is 1. The van der Waals surface area contributed by atoms with Gasteiger partial charge in [0.05, 0.1) is 24.4 Å². The molecule has 0 saturated carbocycles. The van der Waals surface area contributed by atoms with Crippen molar-refractivity contribution in [2.24, 2.45) is 0 Å². The van der Waals surface area contributed by atoms with E-state index < -0.39 is 5.97 Å². The van der Waals surface area contributed by atoms with E-state index in [0.717, 1.165) is 4.90 Å². The molecular formula is C17H17Cl2NO4S. The zero-order chi connectivity index (χ0) is 18.6. The van der Waals surface area contributed by atoms with E-state index in [2.05, 4.69) is 4.74 Å². The van der Waals surface area contributed by atoms with Gasteiger partial charge in [-0.05, 0) is 31.2 Å². The number of nitrogens with zero attached hydrogens (tertiary/aromatic N) is 1. The quantitative estimate of drug-likeness (QED) is 0.529. The molecule has 8 heteroatoms. The molecule has 0 saturated heterocycles. The SMILES string of the molecule is COC(=O)c1cc(CN(C)C(=O)CSc2cc(Cl)ccc2Cl)oc1C. The van der Waals surface area contributed by atoms with Crippen molar-refractivity contribution in [1.82, 2.24) is 4.90 Å². The lowest BCUT2D eigenvalue weighted by Crippen LogP contribution is -2.27. The smallest absolute Gasteiger partial charge is 0.341 e. The van der Waals surface area contributed by atoms with Crippen molar-refractivity contribution in [2.75, 3.05) is 19.9 Å². The normalized spacial score (nSPS) is 10.6. The van der Waals surface area contributed by atoms with Gasteiger partial charge in [0.1, 0.15) is 17.1 Å². The number of carbonyl (C=O) groups is 2. The van der Waals surface area contributed by atoms with Crippen molar-refractivity contribution in [2.45, 2.75) is 18.4 Å². The Morgan fingerprint density at radius 1 is 1.28 bits per heavy atom. The van der Waals surface area contributed by atoms with Crippen molar-refractivity contribution in [3.63, 3.8) is 0 Å². The van der Waals surface area contributed by atoms with Crippen LogP contribution in [0.4, 0.5) is 0 Å². The molecule has 0 atom stereocenters. The standard InChI is InChI=1S/C17H17Cl2NO4S/c1-10-13(17(22)23-3)7-12(24-10)8-20(2)16(21)9-25-15-6-11(18)4-5-14(15)19/h4-7H,8-9H2,1-3H3. The number of thioether (sulfide) groups is 1. The van der Waals surface area contributed by atoms with Gasteiger partial charge in [0, 0.05) is 17.0 Å². The lowest BCUT2D eigenvalue weighted by Gasteiger charge is -2.15. The summed E-state index contributed by atoms with van der Waals surface area (Å²) in [7, 11) is 2.97. The zero-order valence-electron chi connectivity index (χ0n) is 14.0. The number of halogens is 2. The number of hydrogen-bond acceptors (Lipinski definition) is 5. The minimum Gasteiger partial charge on any atom is -0.465 e. The minimum atomic E-state index is -0.465. The summed E-state index contributed by atoms with van der Waals surface area (Å²) in [6.45, 7) is 1.93.